The first-order valence-corrected chi connectivity index (χ1v) is 10.3. The number of nitrogens with one attached hydrogen (secondary N) is 1. The van der Waals surface area contributed by atoms with Gasteiger partial charge in [0.2, 0.25) is 0 Å². The normalized spacial score (nSPS) is 18.8. The molecule has 5 heteroatoms. The van der Waals surface area contributed by atoms with E-state index in [1.807, 2.05) is 42.5 Å². The van der Waals surface area contributed by atoms with Crippen LogP contribution in [0.15, 0.2) is 54.6 Å². The lowest BCUT2D eigenvalue weighted by Crippen LogP contribution is -2.27. The van der Waals surface area contributed by atoms with Crippen molar-refractivity contribution in [1.29, 1.82) is 0 Å². The second-order valence-electron chi connectivity index (χ2n) is 7.92. The van der Waals surface area contributed by atoms with Crippen LogP contribution in [0.25, 0.3) is 10.9 Å². The van der Waals surface area contributed by atoms with Crippen LogP contribution in [0.5, 0.6) is 5.75 Å². The molecule has 0 spiro atoms. The van der Waals surface area contributed by atoms with Crippen LogP contribution in [0, 0.1) is 0 Å². The fraction of sp³-hybridized carbons (Fsp3) is 0.333. The Balaban J connectivity index is 1.53. The maximum absolute atomic E-state index is 12.9. The summed E-state index contributed by atoms with van der Waals surface area (Å²) < 4.78 is 5.30. The Hall–Kier alpha value is -3.08. The van der Waals surface area contributed by atoms with E-state index in [2.05, 4.69) is 22.3 Å². The number of fused-ring (bicyclic) bond motifs is 1. The van der Waals surface area contributed by atoms with Gasteiger partial charge in [-0.2, -0.15) is 0 Å². The summed E-state index contributed by atoms with van der Waals surface area (Å²) in [5.74, 6) is 1.75. The Kier molecular flexibility index (Phi) is 4.58. The molecule has 2 fully saturated rings. The van der Waals surface area contributed by atoms with E-state index in [-0.39, 0.29) is 11.9 Å². The fourth-order valence-electron chi connectivity index (χ4n) is 4.20. The molecular weight excluding hydrogens is 362 g/mol. The molecule has 0 radical (unpaired) electrons. The summed E-state index contributed by atoms with van der Waals surface area (Å²) in [6.45, 7) is 0.936. The maximum Gasteiger partial charge on any atom is 0.252 e. The minimum Gasteiger partial charge on any atom is -0.497 e. The Morgan fingerprint density at radius 1 is 1.10 bits per heavy atom. The summed E-state index contributed by atoms with van der Waals surface area (Å²) in [7, 11) is 1.68. The predicted octanol–water partition coefficient (Wildman–Crippen LogP) is 4.48. The van der Waals surface area contributed by atoms with E-state index in [1.165, 1.54) is 5.56 Å². The molecule has 1 aliphatic carbocycles. The molecule has 1 amide bonds. The van der Waals surface area contributed by atoms with Gasteiger partial charge in [-0.05, 0) is 55.5 Å². The van der Waals surface area contributed by atoms with Crippen LogP contribution < -0.4 is 15.0 Å². The van der Waals surface area contributed by atoms with E-state index >= 15 is 0 Å². The van der Waals surface area contributed by atoms with Crippen molar-refractivity contribution in [3.63, 3.8) is 0 Å². The van der Waals surface area contributed by atoms with Crippen molar-refractivity contribution >= 4 is 22.6 Å². The molecule has 2 aliphatic rings. The summed E-state index contributed by atoms with van der Waals surface area (Å²) >= 11 is 0. The van der Waals surface area contributed by atoms with Crippen LogP contribution in [-0.2, 0) is 0 Å². The van der Waals surface area contributed by atoms with E-state index in [0.717, 1.165) is 60.3 Å². The van der Waals surface area contributed by atoms with Gasteiger partial charge in [0.25, 0.3) is 5.91 Å². The number of methoxy groups -OCH3 is 1. The molecule has 1 unspecified atom stereocenters. The van der Waals surface area contributed by atoms with Gasteiger partial charge in [0.15, 0.2) is 0 Å². The number of carbonyl (C=O) groups excluding carboxylic acids is 1. The third-order valence-electron chi connectivity index (χ3n) is 5.91. The number of hydrogen-bond acceptors (Lipinski definition) is 4. The van der Waals surface area contributed by atoms with Crippen molar-refractivity contribution in [2.24, 2.45) is 0 Å². The molecule has 1 saturated carbocycles. The summed E-state index contributed by atoms with van der Waals surface area (Å²) in [5.41, 5.74) is 2.84. The highest BCUT2D eigenvalue weighted by Gasteiger charge is 2.29. The zero-order valence-corrected chi connectivity index (χ0v) is 16.6. The van der Waals surface area contributed by atoms with Crippen molar-refractivity contribution in [1.82, 2.24) is 10.3 Å². The zero-order valence-electron chi connectivity index (χ0n) is 16.6. The number of rotatable bonds is 5. The number of anilines is 1. The monoisotopic (exact) mass is 387 g/mol. The van der Waals surface area contributed by atoms with E-state index in [9.17, 15) is 4.79 Å². The molecule has 1 aromatic heterocycles. The van der Waals surface area contributed by atoms with Crippen LogP contribution in [0.3, 0.4) is 0 Å². The van der Waals surface area contributed by atoms with Crippen molar-refractivity contribution in [3.05, 3.63) is 65.7 Å². The lowest BCUT2D eigenvalue weighted by molar-refractivity contribution is 0.0952. The van der Waals surface area contributed by atoms with Gasteiger partial charge in [-0.1, -0.05) is 30.3 Å². The molecule has 0 bridgehead atoms. The number of amides is 1. The Bertz CT molecular complexity index is 1040. The molecular formula is C24H25N3O2. The summed E-state index contributed by atoms with van der Waals surface area (Å²) in [4.78, 5) is 20.2. The third kappa shape index (κ3) is 3.53. The Labute approximate surface area is 170 Å². The van der Waals surface area contributed by atoms with Crippen LogP contribution in [-0.4, -0.2) is 30.6 Å². The molecule has 2 heterocycles. The molecule has 2 aromatic carbocycles. The number of benzene rings is 2. The molecule has 5 nitrogen and oxygen atoms in total. The summed E-state index contributed by atoms with van der Waals surface area (Å²) in [6.07, 6.45) is 4.33. The van der Waals surface area contributed by atoms with E-state index in [0.29, 0.717) is 6.04 Å². The second kappa shape index (κ2) is 7.39. The standard InChI is InChI=1S/C24H25N3O2/c1-29-18-12-8-16(9-13-18)22-7-4-14-27(22)23-15-20(24(28)25-17-10-11-17)19-5-2-3-6-21(19)26-23/h2-3,5-6,8-9,12-13,15,17,22H,4,7,10-11,14H2,1H3,(H,25,28). The van der Waals surface area contributed by atoms with Crippen molar-refractivity contribution < 1.29 is 9.53 Å². The van der Waals surface area contributed by atoms with Gasteiger partial charge in [-0.15, -0.1) is 0 Å². The SMILES string of the molecule is COc1ccc(C2CCCN2c2cc(C(=O)NC3CC3)c3ccccc3n2)cc1. The van der Waals surface area contributed by atoms with Gasteiger partial charge in [0, 0.05) is 18.0 Å². The lowest BCUT2D eigenvalue weighted by atomic mass is 10.0. The minimum absolute atomic E-state index is 0.00699. The Morgan fingerprint density at radius 2 is 1.90 bits per heavy atom. The van der Waals surface area contributed by atoms with Crippen LogP contribution in [0.1, 0.15) is 47.6 Å². The maximum atomic E-state index is 12.9. The summed E-state index contributed by atoms with van der Waals surface area (Å²) in [6, 6.07) is 18.8. The lowest BCUT2D eigenvalue weighted by Gasteiger charge is -2.27. The highest BCUT2D eigenvalue weighted by Crippen LogP contribution is 2.37. The fourth-order valence-corrected chi connectivity index (χ4v) is 4.20. The average Bonchev–Trinajstić information content (AvgIpc) is 3.44. The van der Waals surface area contributed by atoms with Crippen molar-refractivity contribution in [3.8, 4) is 5.75 Å². The first-order chi connectivity index (χ1) is 14.2. The van der Waals surface area contributed by atoms with Gasteiger partial charge in [0.1, 0.15) is 11.6 Å². The van der Waals surface area contributed by atoms with Crippen molar-refractivity contribution in [2.75, 3.05) is 18.6 Å². The number of hydrogen-bond donors (Lipinski definition) is 1. The van der Waals surface area contributed by atoms with Gasteiger partial charge >= 0.3 is 0 Å². The first-order valence-electron chi connectivity index (χ1n) is 10.3. The molecule has 1 atom stereocenters. The molecule has 148 valence electrons. The highest BCUT2D eigenvalue weighted by molar-refractivity contribution is 6.07. The van der Waals surface area contributed by atoms with Gasteiger partial charge in [-0.3, -0.25) is 4.79 Å². The number of ether oxygens (including phenoxy) is 1. The molecule has 1 aliphatic heterocycles. The third-order valence-corrected chi connectivity index (χ3v) is 5.91. The molecule has 1 N–H and O–H groups in total. The van der Waals surface area contributed by atoms with Crippen LogP contribution >= 0.6 is 0 Å². The van der Waals surface area contributed by atoms with E-state index in [4.69, 9.17) is 9.72 Å². The Morgan fingerprint density at radius 3 is 2.66 bits per heavy atom. The van der Waals surface area contributed by atoms with Crippen LogP contribution in [0.2, 0.25) is 0 Å². The molecule has 1 saturated heterocycles. The van der Waals surface area contributed by atoms with E-state index < -0.39 is 0 Å². The average molecular weight is 387 g/mol. The summed E-state index contributed by atoms with van der Waals surface area (Å²) in [5, 5.41) is 4.05. The second-order valence-corrected chi connectivity index (χ2v) is 7.92. The number of nitrogens with zero attached hydrogens (tertiary/aromatic N) is 2. The minimum atomic E-state index is 0.00699. The van der Waals surface area contributed by atoms with Crippen LogP contribution in [0.4, 0.5) is 5.82 Å². The zero-order chi connectivity index (χ0) is 19.8. The quantitative estimate of drug-likeness (QED) is 0.701. The molecule has 5 rings (SSSR count). The number of pyridine rings is 1. The van der Waals surface area contributed by atoms with Crippen molar-refractivity contribution in [2.45, 2.75) is 37.8 Å². The molecule has 29 heavy (non-hydrogen) atoms. The smallest absolute Gasteiger partial charge is 0.252 e. The highest BCUT2D eigenvalue weighted by atomic mass is 16.5. The number of para-hydroxylation sites is 1. The first kappa shape index (κ1) is 18.0. The van der Waals surface area contributed by atoms with Gasteiger partial charge < -0.3 is 15.0 Å². The largest absolute Gasteiger partial charge is 0.497 e. The van der Waals surface area contributed by atoms with E-state index in [1.54, 1.807) is 7.11 Å². The molecule has 3 aromatic rings. The number of carbonyl (C=O) groups is 1. The topological polar surface area (TPSA) is 54.5 Å². The van der Waals surface area contributed by atoms with Gasteiger partial charge in [-0.25, -0.2) is 4.98 Å². The number of aromatic nitrogens is 1. The van der Waals surface area contributed by atoms with Gasteiger partial charge in [0.05, 0.1) is 24.2 Å². The predicted molar refractivity (Wildman–Crippen MR) is 115 cm³/mol.